The lowest BCUT2D eigenvalue weighted by molar-refractivity contribution is -0.144. The highest BCUT2D eigenvalue weighted by molar-refractivity contribution is 6.30. The van der Waals surface area contributed by atoms with E-state index in [0.717, 1.165) is 0 Å². The van der Waals surface area contributed by atoms with Gasteiger partial charge in [-0.05, 0) is 30.7 Å². The molecule has 2 unspecified atom stereocenters. The lowest BCUT2D eigenvalue weighted by Gasteiger charge is -2.15. The maximum atomic E-state index is 11.5. The Kier molecular flexibility index (Phi) is 5.54. The summed E-state index contributed by atoms with van der Waals surface area (Å²) in [7, 11) is 0. The molecule has 1 aromatic rings. The molecular weight excluding hydrogens is 270 g/mol. The Morgan fingerprint density at radius 1 is 1.42 bits per heavy atom. The van der Waals surface area contributed by atoms with Crippen molar-refractivity contribution in [3.05, 3.63) is 40.9 Å². The molecule has 1 aromatic carbocycles. The maximum absolute atomic E-state index is 11.5. The van der Waals surface area contributed by atoms with Gasteiger partial charge in [0.15, 0.2) is 6.04 Å². The number of aliphatic hydroxyl groups excluding tert-OH is 1. The first-order valence-electron chi connectivity index (χ1n) is 5.55. The van der Waals surface area contributed by atoms with E-state index in [1.807, 2.05) is 0 Å². The fraction of sp³-hybridized carbons (Fsp3) is 0.231. The first-order valence-corrected chi connectivity index (χ1v) is 5.93. The summed E-state index contributed by atoms with van der Waals surface area (Å²) >= 11 is 5.78. The second-order valence-electron chi connectivity index (χ2n) is 3.95. The van der Waals surface area contributed by atoms with Gasteiger partial charge in [-0.1, -0.05) is 23.7 Å². The number of benzene rings is 1. The predicted molar refractivity (Wildman–Crippen MR) is 71.7 cm³/mol. The van der Waals surface area contributed by atoms with Crippen LogP contribution in [0.1, 0.15) is 12.5 Å². The molecule has 6 heteroatoms. The van der Waals surface area contributed by atoms with E-state index in [0.29, 0.717) is 10.6 Å². The average Bonchev–Trinajstić information content (AvgIpc) is 2.32. The van der Waals surface area contributed by atoms with Crippen molar-refractivity contribution in [3.8, 4) is 0 Å². The molecule has 0 fully saturated rings. The molecule has 1 amide bonds. The van der Waals surface area contributed by atoms with Gasteiger partial charge in [0.05, 0.1) is 6.10 Å². The van der Waals surface area contributed by atoms with Crippen LogP contribution in [-0.4, -0.2) is 34.2 Å². The number of hydrogen-bond acceptors (Lipinski definition) is 3. The minimum absolute atomic E-state index is 0.537. The Bertz CT molecular complexity index is 499. The van der Waals surface area contributed by atoms with E-state index >= 15 is 0 Å². The molecule has 0 radical (unpaired) electrons. The van der Waals surface area contributed by atoms with Gasteiger partial charge in [0.25, 0.3) is 0 Å². The van der Waals surface area contributed by atoms with Crippen LogP contribution in [0.5, 0.6) is 0 Å². The molecule has 102 valence electrons. The molecule has 19 heavy (non-hydrogen) atoms. The van der Waals surface area contributed by atoms with Gasteiger partial charge in [-0.15, -0.1) is 0 Å². The number of rotatable bonds is 5. The standard InChI is InChI=1S/C13H14ClNO4/c1-8(16)12(13(18)19)15-11(17)6-5-9-3-2-4-10(14)7-9/h2-8,12,16H,1H3,(H,15,17)(H,18,19)/b6-5+. The smallest absolute Gasteiger partial charge is 0.328 e. The first kappa shape index (κ1) is 15.2. The number of halogens is 1. The normalized spacial score (nSPS) is 14.1. The summed E-state index contributed by atoms with van der Waals surface area (Å²) in [6.45, 7) is 1.29. The van der Waals surface area contributed by atoms with Gasteiger partial charge in [0.1, 0.15) is 0 Å². The van der Waals surface area contributed by atoms with E-state index in [4.69, 9.17) is 16.7 Å². The number of carbonyl (C=O) groups is 2. The van der Waals surface area contributed by atoms with E-state index in [1.54, 1.807) is 24.3 Å². The summed E-state index contributed by atoms with van der Waals surface area (Å²) < 4.78 is 0. The Labute approximate surface area is 115 Å². The van der Waals surface area contributed by atoms with Gasteiger partial charge in [0.2, 0.25) is 5.91 Å². The monoisotopic (exact) mass is 283 g/mol. The van der Waals surface area contributed by atoms with Crippen LogP contribution in [0.2, 0.25) is 5.02 Å². The summed E-state index contributed by atoms with van der Waals surface area (Å²) in [5.41, 5.74) is 0.714. The molecule has 0 saturated heterocycles. The van der Waals surface area contributed by atoms with Crippen molar-refractivity contribution in [1.82, 2.24) is 5.32 Å². The van der Waals surface area contributed by atoms with Crippen molar-refractivity contribution < 1.29 is 19.8 Å². The van der Waals surface area contributed by atoms with Crippen LogP contribution < -0.4 is 5.32 Å². The number of carboxylic acids is 1. The number of carboxylic acid groups (broad SMARTS) is 1. The molecule has 0 heterocycles. The highest BCUT2D eigenvalue weighted by Crippen LogP contribution is 2.11. The largest absolute Gasteiger partial charge is 0.480 e. The van der Waals surface area contributed by atoms with Crippen LogP contribution in [-0.2, 0) is 9.59 Å². The van der Waals surface area contributed by atoms with Crippen LogP contribution in [0.15, 0.2) is 30.3 Å². The van der Waals surface area contributed by atoms with E-state index in [2.05, 4.69) is 5.32 Å². The van der Waals surface area contributed by atoms with Crippen LogP contribution in [0.25, 0.3) is 6.08 Å². The van der Waals surface area contributed by atoms with Crippen LogP contribution in [0.3, 0.4) is 0 Å². The first-order chi connectivity index (χ1) is 8.90. The lowest BCUT2D eigenvalue weighted by atomic mass is 10.1. The molecule has 3 N–H and O–H groups in total. The summed E-state index contributed by atoms with van der Waals surface area (Å²) in [6.07, 6.45) is 1.51. The minimum Gasteiger partial charge on any atom is -0.480 e. The lowest BCUT2D eigenvalue weighted by Crippen LogP contribution is -2.47. The third kappa shape index (κ3) is 5.11. The van der Waals surface area contributed by atoms with E-state index in [9.17, 15) is 14.7 Å². The minimum atomic E-state index is -1.34. The summed E-state index contributed by atoms with van der Waals surface area (Å²) in [5, 5.41) is 20.7. The predicted octanol–water partition coefficient (Wildman–Crippen LogP) is 1.30. The number of nitrogens with one attached hydrogen (secondary N) is 1. The highest BCUT2D eigenvalue weighted by Gasteiger charge is 2.23. The topological polar surface area (TPSA) is 86.6 Å². The number of aliphatic hydroxyl groups is 1. The van der Waals surface area contributed by atoms with Crippen molar-refractivity contribution in [2.75, 3.05) is 0 Å². The van der Waals surface area contributed by atoms with E-state index < -0.39 is 24.0 Å². The fourth-order valence-corrected chi connectivity index (χ4v) is 1.57. The van der Waals surface area contributed by atoms with Crippen molar-refractivity contribution in [2.24, 2.45) is 0 Å². The van der Waals surface area contributed by atoms with Crippen molar-refractivity contribution in [1.29, 1.82) is 0 Å². The van der Waals surface area contributed by atoms with Gasteiger partial charge in [-0.25, -0.2) is 4.79 Å². The van der Waals surface area contributed by atoms with E-state index in [1.165, 1.54) is 19.1 Å². The summed E-state index contributed by atoms with van der Waals surface area (Å²) in [4.78, 5) is 22.3. The molecule has 0 bridgehead atoms. The number of carbonyl (C=O) groups excluding carboxylic acids is 1. The molecule has 1 rings (SSSR count). The molecule has 0 saturated carbocycles. The van der Waals surface area contributed by atoms with Gasteiger partial charge in [-0.3, -0.25) is 4.79 Å². The third-order valence-electron chi connectivity index (χ3n) is 2.32. The maximum Gasteiger partial charge on any atom is 0.328 e. The number of hydrogen-bond donors (Lipinski definition) is 3. The average molecular weight is 284 g/mol. The van der Waals surface area contributed by atoms with Crippen LogP contribution in [0.4, 0.5) is 0 Å². The quantitative estimate of drug-likeness (QED) is 0.711. The van der Waals surface area contributed by atoms with Crippen LogP contribution >= 0.6 is 11.6 Å². The SMILES string of the molecule is CC(O)C(NC(=O)/C=C/c1cccc(Cl)c1)C(=O)O. The number of aliphatic carboxylic acids is 1. The van der Waals surface area contributed by atoms with Crippen molar-refractivity contribution in [3.63, 3.8) is 0 Å². The van der Waals surface area contributed by atoms with E-state index in [-0.39, 0.29) is 0 Å². The molecular formula is C13H14ClNO4. The highest BCUT2D eigenvalue weighted by atomic mass is 35.5. The zero-order valence-corrected chi connectivity index (χ0v) is 11.0. The van der Waals surface area contributed by atoms with Gasteiger partial charge < -0.3 is 15.5 Å². The molecule has 2 atom stereocenters. The number of amides is 1. The molecule has 5 nitrogen and oxygen atoms in total. The second kappa shape index (κ2) is 6.92. The molecule has 0 aliphatic carbocycles. The zero-order valence-electron chi connectivity index (χ0n) is 10.2. The summed E-state index contributed by atoms with van der Waals surface area (Å²) in [5.74, 6) is -1.90. The Morgan fingerprint density at radius 2 is 2.11 bits per heavy atom. The fourth-order valence-electron chi connectivity index (χ4n) is 1.37. The van der Waals surface area contributed by atoms with Crippen molar-refractivity contribution in [2.45, 2.75) is 19.1 Å². The van der Waals surface area contributed by atoms with Crippen LogP contribution in [0, 0.1) is 0 Å². The van der Waals surface area contributed by atoms with Gasteiger partial charge >= 0.3 is 5.97 Å². The Balaban J connectivity index is 2.67. The third-order valence-corrected chi connectivity index (χ3v) is 2.56. The van der Waals surface area contributed by atoms with Crippen molar-refractivity contribution >= 4 is 29.6 Å². The van der Waals surface area contributed by atoms with Gasteiger partial charge in [0, 0.05) is 11.1 Å². The molecule has 0 aromatic heterocycles. The second-order valence-corrected chi connectivity index (χ2v) is 4.39. The van der Waals surface area contributed by atoms with Gasteiger partial charge in [-0.2, -0.15) is 0 Å². The zero-order chi connectivity index (χ0) is 14.4. The Hall–Kier alpha value is -1.85. The molecule has 0 aliphatic heterocycles. The molecule has 0 aliphatic rings. The summed E-state index contributed by atoms with van der Waals surface area (Å²) in [6, 6.07) is 5.51. The Morgan fingerprint density at radius 3 is 2.63 bits per heavy atom. The molecule has 0 spiro atoms.